The highest BCUT2D eigenvalue weighted by atomic mass is 16.6. The van der Waals surface area contributed by atoms with Crippen molar-refractivity contribution in [2.45, 2.75) is 36.8 Å². The first-order valence-electron chi connectivity index (χ1n) is 4.15. The summed E-state index contributed by atoms with van der Waals surface area (Å²) in [5.74, 6) is 0. The van der Waals surface area contributed by atoms with Crippen LogP contribution >= 0.6 is 0 Å². The van der Waals surface area contributed by atoms with Gasteiger partial charge in [0.05, 0.1) is 6.61 Å². The zero-order valence-electron chi connectivity index (χ0n) is 7.26. The molecule has 0 bridgehead atoms. The molecule has 1 rings (SSSR count). The lowest BCUT2D eigenvalue weighted by molar-refractivity contribution is -0.298. The van der Waals surface area contributed by atoms with Crippen LogP contribution in [0.5, 0.6) is 0 Å². The zero-order chi connectivity index (χ0) is 10.9. The number of aliphatic hydroxyl groups excluding tert-OH is 6. The van der Waals surface area contributed by atoms with Gasteiger partial charge in [-0.05, 0) is 0 Å². The molecule has 7 heteroatoms. The molecule has 2 unspecified atom stereocenters. The molecule has 1 aliphatic rings. The molecule has 84 valence electrons. The van der Waals surface area contributed by atoms with Crippen LogP contribution in [0.1, 0.15) is 0 Å². The monoisotopic (exact) mass is 210 g/mol. The Morgan fingerprint density at radius 1 is 1.00 bits per heavy atom. The van der Waals surface area contributed by atoms with Crippen LogP contribution in [0, 0.1) is 0 Å². The van der Waals surface area contributed by atoms with Gasteiger partial charge in [0, 0.05) is 0 Å². The molecule has 7 nitrogen and oxygen atoms in total. The Morgan fingerprint density at radius 3 is 2.07 bits per heavy atom. The largest absolute Gasteiger partial charge is 0.394 e. The van der Waals surface area contributed by atoms with Crippen molar-refractivity contribution < 1.29 is 35.4 Å². The lowest BCUT2D eigenvalue weighted by Gasteiger charge is -2.39. The Balaban J connectivity index is 2.70. The van der Waals surface area contributed by atoms with E-state index in [4.69, 9.17) is 20.4 Å². The molecular formula is C7H14O7. The second-order valence-electron chi connectivity index (χ2n) is 3.21. The average molecular weight is 210 g/mol. The van der Waals surface area contributed by atoms with E-state index < -0.39 is 43.4 Å². The minimum absolute atomic E-state index is 0.683. The molecule has 0 aromatic rings. The Kier molecular flexibility index (Phi) is 3.78. The molecule has 6 N–H and O–H groups in total. The summed E-state index contributed by atoms with van der Waals surface area (Å²) in [7, 11) is 0. The highest BCUT2D eigenvalue weighted by Gasteiger charge is 2.45. The minimum Gasteiger partial charge on any atom is -0.394 e. The summed E-state index contributed by atoms with van der Waals surface area (Å²) in [4.78, 5) is 0. The first-order chi connectivity index (χ1) is 6.49. The van der Waals surface area contributed by atoms with Gasteiger partial charge in [0.1, 0.15) is 30.5 Å². The predicted molar refractivity (Wildman–Crippen MR) is 42.0 cm³/mol. The topological polar surface area (TPSA) is 131 Å². The van der Waals surface area contributed by atoms with Crippen molar-refractivity contribution in [1.29, 1.82) is 0 Å². The second kappa shape index (κ2) is 4.49. The smallest absolute Gasteiger partial charge is 0.184 e. The van der Waals surface area contributed by atoms with Gasteiger partial charge in [0.25, 0.3) is 0 Å². The second-order valence-corrected chi connectivity index (χ2v) is 3.21. The van der Waals surface area contributed by atoms with E-state index in [1.165, 1.54) is 0 Å². The van der Waals surface area contributed by atoms with Crippen molar-refractivity contribution in [2.75, 3.05) is 6.61 Å². The van der Waals surface area contributed by atoms with Gasteiger partial charge in [0.2, 0.25) is 0 Å². The molecule has 0 aliphatic carbocycles. The fourth-order valence-electron chi connectivity index (χ4n) is 1.31. The Morgan fingerprint density at radius 2 is 1.57 bits per heavy atom. The first-order valence-corrected chi connectivity index (χ1v) is 4.15. The average Bonchev–Trinajstić information content (AvgIpc) is 2.19. The Bertz CT molecular complexity index is 187. The highest BCUT2D eigenvalue weighted by Crippen LogP contribution is 2.21. The van der Waals surface area contributed by atoms with Gasteiger partial charge < -0.3 is 35.4 Å². The van der Waals surface area contributed by atoms with Crippen molar-refractivity contribution >= 4 is 0 Å². The lowest BCUT2D eigenvalue weighted by Crippen LogP contribution is -2.61. The van der Waals surface area contributed by atoms with Crippen LogP contribution in [0.3, 0.4) is 0 Å². The summed E-state index contributed by atoms with van der Waals surface area (Å²) in [6.07, 6.45) is -9.26. The molecule has 1 heterocycles. The lowest BCUT2D eigenvalue weighted by atomic mass is 9.96. The summed E-state index contributed by atoms with van der Waals surface area (Å²) in [6, 6.07) is 0. The number of aliphatic hydroxyl groups is 6. The van der Waals surface area contributed by atoms with Gasteiger partial charge in [-0.3, -0.25) is 0 Å². The fourth-order valence-corrected chi connectivity index (χ4v) is 1.31. The van der Waals surface area contributed by atoms with Crippen LogP contribution in [-0.4, -0.2) is 74.1 Å². The van der Waals surface area contributed by atoms with Crippen molar-refractivity contribution in [2.24, 2.45) is 0 Å². The van der Waals surface area contributed by atoms with E-state index in [9.17, 15) is 10.2 Å². The molecule has 0 aromatic heterocycles. The van der Waals surface area contributed by atoms with Gasteiger partial charge in [0.15, 0.2) is 6.29 Å². The molecule has 14 heavy (non-hydrogen) atoms. The molecule has 0 amide bonds. The van der Waals surface area contributed by atoms with Crippen LogP contribution in [0.2, 0.25) is 0 Å². The molecule has 1 aliphatic heterocycles. The normalized spacial score (nSPS) is 46.3. The number of hydrogen-bond donors (Lipinski definition) is 6. The quantitative estimate of drug-likeness (QED) is 0.275. The van der Waals surface area contributed by atoms with E-state index in [0.29, 0.717) is 0 Å². The summed E-state index contributed by atoms with van der Waals surface area (Å²) < 4.78 is 4.62. The van der Waals surface area contributed by atoms with Crippen LogP contribution in [-0.2, 0) is 4.74 Å². The fraction of sp³-hybridized carbons (Fsp3) is 1.00. The molecule has 0 spiro atoms. The third-order valence-corrected chi connectivity index (χ3v) is 2.19. The van der Waals surface area contributed by atoms with E-state index >= 15 is 0 Å². The molecular weight excluding hydrogens is 196 g/mol. The Labute approximate surface area is 79.8 Å². The van der Waals surface area contributed by atoms with Crippen molar-refractivity contribution in [3.8, 4) is 0 Å². The maximum absolute atomic E-state index is 9.31. The maximum Gasteiger partial charge on any atom is 0.184 e. The van der Waals surface area contributed by atoms with Gasteiger partial charge in [-0.1, -0.05) is 0 Å². The number of hydrogen-bond acceptors (Lipinski definition) is 7. The van der Waals surface area contributed by atoms with E-state index in [1.54, 1.807) is 0 Å². The van der Waals surface area contributed by atoms with E-state index in [1.807, 2.05) is 0 Å². The van der Waals surface area contributed by atoms with Crippen molar-refractivity contribution in [3.63, 3.8) is 0 Å². The van der Waals surface area contributed by atoms with Crippen molar-refractivity contribution in [1.82, 2.24) is 0 Å². The predicted octanol–water partition coefficient (Wildman–Crippen LogP) is -3.86. The van der Waals surface area contributed by atoms with Crippen molar-refractivity contribution in [3.05, 3.63) is 0 Å². The van der Waals surface area contributed by atoms with Gasteiger partial charge in [-0.2, -0.15) is 0 Å². The standard InChI is InChI=1S/C7H14O7/c8-1-2(9)6-4(11)3(10)5(12)7(13)14-6/h2-13H,1H2/t2?,3-,4-,5-,6-,7?/m1/s1. The Hall–Kier alpha value is -0.280. The molecule has 1 saturated heterocycles. The summed E-state index contributed by atoms with van der Waals surface area (Å²) in [6.45, 7) is -0.683. The molecule has 0 radical (unpaired) electrons. The zero-order valence-corrected chi connectivity index (χ0v) is 7.26. The summed E-state index contributed by atoms with van der Waals surface area (Å²) in [5.41, 5.74) is 0. The van der Waals surface area contributed by atoms with Gasteiger partial charge >= 0.3 is 0 Å². The minimum atomic E-state index is -1.69. The maximum atomic E-state index is 9.31. The summed E-state index contributed by atoms with van der Waals surface area (Å²) >= 11 is 0. The number of ether oxygens (including phenoxy) is 1. The van der Waals surface area contributed by atoms with E-state index in [0.717, 1.165) is 0 Å². The van der Waals surface area contributed by atoms with Crippen LogP contribution in [0.15, 0.2) is 0 Å². The molecule has 0 saturated carbocycles. The molecule has 1 fully saturated rings. The van der Waals surface area contributed by atoms with Gasteiger partial charge in [-0.25, -0.2) is 0 Å². The first kappa shape index (κ1) is 11.8. The van der Waals surface area contributed by atoms with E-state index in [-0.39, 0.29) is 0 Å². The molecule has 0 aromatic carbocycles. The third kappa shape index (κ3) is 2.04. The highest BCUT2D eigenvalue weighted by molar-refractivity contribution is 4.91. The third-order valence-electron chi connectivity index (χ3n) is 2.19. The number of rotatable bonds is 2. The van der Waals surface area contributed by atoms with Gasteiger partial charge in [-0.15, -0.1) is 0 Å². The summed E-state index contributed by atoms with van der Waals surface area (Å²) in [5, 5.41) is 54.3. The molecule has 6 atom stereocenters. The SMILES string of the molecule is OCC(O)[C@H]1OC(O)[C@H](O)[C@H](O)[C@H]1O. The van der Waals surface area contributed by atoms with Crippen LogP contribution in [0.4, 0.5) is 0 Å². The van der Waals surface area contributed by atoms with Crippen LogP contribution in [0.25, 0.3) is 0 Å². The van der Waals surface area contributed by atoms with Crippen LogP contribution < -0.4 is 0 Å². The van der Waals surface area contributed by atoms with E-state index in [2.05, 4.69) is 4.74 Å².